The van der Waals surface area contributed by atoms with E-state index in [1.165, 1.54) is 0 Å². The normalized spacial score (nSPS) is 13.4. The van der Waals surface area contributed by atoms with Gasteiger partial charge in [-0.2, -0.15) is 0 Å². The van der Waals surface area contributed by atoms with Crippen molar-refractivity contribution in [3.05, 3.63) is 30.1 Å². The molecule has 4 nitrogen and oxygen atoms in total. The highest BCUT2D eigenvalue weighted by Crippen LogP contribution is 2.16. The zero-order valence-corrected chi connectivity index (χ0v) is 8.36. The molecule has 1 atom stereocenters. The van der Waals surface area contributed by atoms with Gasteiger partial charge in [0.05, 0.1) is 23.5 Å². The predicted octanol–water partition coefficient (Wildman–Crippen LogP) is 0.750. The van der Waals surface area contributed by atoms with Crippen LogP contribution in [0.1, 0.15) is 11.7 Å². The molecular formula is C10H14N4. The molecule has 0 aliphatic carbocycles. The second-order valence-electron chi connectivity index (χ2n) is 3.37. The Balaban J connectivity index is 2.52. The van der Waals surface area contributed by atoms with Gasteiger partial charge in [0, 0.05) is 7.05 Å². The number of nitrogens with one attached hydrogen (secondary N) is 1. The molecule has 2 aromatic rings. The van der Waals surface area contributed by atoms with Gasteiger partial charge in [0.1, 0.15) is 0 Å². The Morgan fingerprint density at radius 2 is 2.29 bits per heavy atom. The van der Waals surface area contributed by atoms with Crippen molar-refractivity contribution in [1.82, 2.24) is 14.9 Å². The second-order valence-corrected chi connectivity index (χ2v) is 3.37. The number of fused-ring (bicyclic) bond motifs is 1. The monoisotopic (exact) mass is 190 g/mol. The average molecular weight is 190 g/mol. The van der Waals surface area contributed by atoms with Gasteiger partial charge in [-0.15, -0.1) is 0 Å². The average Bonchev–Trinajstić information content (AvgIpc) is 2.59. The first-order valence-corrected chi connectivity index (χ1v) is 4.56. The summed E-state index contributed by atoms with van der Waals surface area (Å²) in [4.78, 5) is 4.28. The fourth-order valence-corrected chi connectivity index (χ4v) is 1.51. The van der Waals surface area contributed by atoms with Crippen LogP contribution in [0, 0.1) is 0 Å². The molecule has 2 rings (SSSR count). The first-order chi connectivity index (χ1) is 6.72. The van der Waals surface area contributed by atoms with Crippen molar-refractivity contribution < 1.29 is 0 Å². The van der Waals surface area contributed by atoms with Crippen LogP contribution in [0.4, 0.5) is 0 Å². The third kappa shape index (κ3) is 1.38. The minimum Gasteiger partial charge on any atom is -0.334 e. The number of aromatic nitrogens is 2. The number of nitrogens with two attached hydrogens (primary N) is 1. The van der Waals surface area contributed by atoms with Crippen LogP contribution in [0.15, 0.2) is 24.5 Å². The van der Waals surface area contributed by atoms with Gasteiger partial charge in [-0.05, 0) is 24.7 Å². The van der Waals surface area contributed by atoms with Gasteiger partial charge in [-0.1, -0.05) is 6.07 Å². The topological polar surface area (TPSA) is 55.9 Å². The van der Waals surface area contributed by atoms with Crippen molar-refractivity contribution in [2.24, 2.45) is 12.8 Å². The third-order valence-corrected chi connectivity index (χ3v) is 2.42. The number of hydrogen-bond acceptors (Lipinski definition) is 3. The predicted molar refractivity (Wildman–Crippen MR) is 56.7 cm³/mol. The van der Waals surface area contributed by atoms with E-state index in [1.54, 1.807) is 6.33 Å². The van der Waals surface area contributed by atoms with E-state index in [2.05, 4.69) is 10.3 Å². The number of benzene rings is 1. The molecule has 0 amide bonds. The minimum absolute atomic E-state index is 0.124. The van der Waals surface area contributed by atoms with Crippen molar-refractivity contribution in [2.45, 2.75) is 6.17 Å². The lowest BCUT2D eigenvalue weighted by molar-refractivity contribution is 0.623. The number of nitrogens with zero attached hydrogens (tertiary/aromatic N) is 2. The molecule has 0 bridgehead atoms. The van der Waals surface area contributed by atoms with Gasteiger partial charge in [0.2, 0.25) is 0 Å². The van der Waals surface area contributed by atoms with Crippen LogP contribution in [0.2, 0.25) is 0 Å². The zero-order valence-electron chi connectivity index (χ0n) is 8.36. The molecule has 1 aromatic carbocycles. The number of hydrogen-bond donors (Lipinski definition) is 2. The Kier molecular flexibility index (Phi) is 2.23. The molecule has 0 saturated carbocycles. The molecule has 0 saturated heterocycles. The van der Waals surface area contributed by atoms with Crippen molar-refractivity contribution in [2.75, 3.05) is 7.05 Å². The van der Waals surface area contributed by atoms with E-state index in [0.717, 1.165) is 16.6 Å². The molecule has 0 fully saturated rings. The first-order valence-electron chi connectivity index (χ1n) is 4.56. The summed E-state index contributed by atoms with van der Waals surface area (Å²) in [6.45, 7) is 0. The summed E-state index contributed by atoms with van der Waals surface area (Å²) in [5.41, 5.74) is 9.01. The summed E-state index contributed by atoms with van der Waals surface area (Å²) in [6, 6.07) is 6.07. The second kappa shape index (κ2) is 3.40. The number of aryl methyl sites for hydroxylation is 1. The van der Waals surface area contributed by atoms with Gasteiger partial charge < -0.3 is 15.6 Å². The van der Waals surface area contributed by atoms with Crippen LogP contribution in [0.25, 0.3) is 11.0 Å². The molecule has 3 N–H and O–H groups in total. The molecule has 1 unspecified atom stereocenters. The Labute approximate surface area is 82.7 Å². The summed E-state index contributed by atoms with van der Waals surface area (Å²) in [6.07, 6.45) is 1.68. The summed E-state index contributed by atoms with van der Waals surface area (Å²) in [7, 11) is 3.82. The maximum absolute atomic E-state index is 5.85. The zero-order chi connectivity index (χ0) is 10.1. The molecule has 14 heavy (non-hydrogen) atoms. The summed E-state index contributed by atoms with van der Waals surface area (Å²) >= 11 is 0. The molecule has 0 aliphatic rings. The molecule has 1 heterocycles. The van der Waals surface area contributed by atoms with Crippen molar-refractivity contribution in [1.29, 1.82) is 0 Å². The molecule has 74 valence electrons. The Bertz CT molecular complexity index is 446. The van der Waals surface area contributed by atoms with Gasteiger partial charge >= 0.3 is 0 Å². The maximum atomic E-state index is 5.85. The van der Waals surface area contributed by atoms with Crippen LogP contribution < -0.4 is 11.1 Å². The summed E-state index contributed by atoms with van der Waals surface area (Å²) in [5, 5.41) is 3.00. The fourth-order valence-electron chi connectivity index (χ4n) is 1.51. The van der Waals surface area contributed by atoms with Crippen molar-refractivity contribution in [3.63, 3.8) is 0 Å². The van der Waals surface area contributed by atoms with Crippen LogP contribution >= 0.6 is 0 Å². The van der Waals surface area contributed by atoms with Gasteiger partial charge in [0.15, 0.2) is 0 Å². The van der Waals surface area contributed by atoms with Crippen LogP contribution in [-0.4, -0.2) is 16.6 Å². The van der Waals surface area contributed by atoms with Gasteiger partial charge in [0.25, 0.3) is 0 Å². The molecule has 0 aliphatic heterocycles. The minimum atomic E-state index is -0.124. The van der Waals surface area contributed by atoms with E-state index in [4.69, 9.17) is 5.73 Å². The van der Waals surface area contributed by atoms with E-state index < -0.39 is 0 Å². The quantitative estimate of drug-likeness (QED) is 0.687. The van der Waals surface area contributed by atoms with Crippen LogP contribution in [0.3, 0.4) is 0 Å². The van der Waals surface area contributed by atoms with Gasteiger partial charge in [-0.3, -0.25) is 0 Å². The first kappa shape index (κ1) is 9.18. The van der Waals surface area contributed by atoms with Crippen molar-refractivity contribution in [3.8, 4) is 0 Å². The molecule has 0 spiro atoms. The molecule has 0 radical (unpaired) electrons. The highest BCUT2D eigenvalue weighted by Gasteiger charge is 2.05. The Hall–Kier alpha value is -1.39. The number of rotatable bonds is 2. The van der Waals surface area contributed by atoms with Crippen LogP contribution in [-0.2, 0) is 7.05 Å². The number of imidazole rings is 1. The van der Waals surface area contributed by atoms with Crippen molar-refractivity contribution >= 4 is 11.0 Å². The van der Waals surface area contributed by atoms with Crippen LogP contribution in [0.5, 0.6) is 0 Å². The van der Waals surface area contributed by atoms with E-state index in [-0.39, 0.29) is 6.17 Å². The van der Waals surface area contributed by atoms with E-state index in [1.807, 2.05) is 36.9 Å². The summed E-state index contributed by atoms with van der Waals surface area (Å²) in [5.74, 6) is 0. The highest BCUT2D eigenvalue weighted by molar-refractivity contribution is 5.76. The van der Waals surface area contributed by atoms with E-state index >= 15 is 0 Å². The smallest absolute Gasteiger partial charge is 0.0955 e. The molecule has 4 heteroatoms. The lowest BCUT2D eigenvalue weighted by Crippen LogP contribution is -2.24. The standard InChI is InChI=1S/C10H14N4/c1-12-10(11)7-3-4-9-8(5-7)13-6-14(9)2/h3-6,10,12H,11H2,1-2H3. The maximum Gasteiger partial charge on any atom is 0.0955 e. The van der Waals surface area contributed by atoms with Gasteiger partial charge in [-0.25, -0.2) is 4.98 Å². The fraction of sp³-hybridized carbons (Fsp3) is 0.300. The Morgan fingerprint density at radius 3 is 3.00 bits per heavy atom. The SMILES string of the molecule is CNC(N)c1ccc2c(c1)ncn2C. The lowest BCUT2D eigenvalue weighted by atomic mass is 10.1. The molecular weight excluding hydrogens is 176 g/mol. The molecule has 1 aromatic heterocycles. The lowest BCUT2D eigenvalue weighted by Gasteiger charge is -2.10. The largest absolute Gasteiger partial charge is 0.334 e. The third-order valence-electron chi connectivity index (χ3n) is 2.42. The Morgan fingerprint density at radius 1 is 1.50 bits per heavy atom. The summed E-state index contributed by atoms with van der Waals surface area (Å²) < 4.78 is 1.99. The van der Waals surface area contributed by atoms with E-state index in [9.17, 15) is 0 Å². The van der Waals surface area contributed by atoms with E-state index in [0.29, 0.717) is 0 Å². The highest BCUT2D eigenvalue weighted by atomic mass is 15.0.